The summed E-state index contributed by atoms with van der Waals surface area (Å²) < 4.78 is 101. The van der Waals surface area contributed by atoms with E-state index in [2.05, 4.69) is 26.3 Å². The number of carboxylic acids is 3. The molecule has 1 saturated heterocycles. The predicted molar refractivity (Wildman–Crippen MR) is 133 cm³/mol. The second-order valence-corrected chi connectivity index (χ2v) is 8.92. The molecule has 1 atom stereocenters. The van der Waals surface area contributed by atoms with Gasteiger partial charge in [-0.05, 0) is 37.0 Å². The smallest absolute Gasteiger partial charge is 0.475 e. The Morgan fingerprint density at radius 2 is 1.38 bits per heavy atom. The quantitative estimate of drug-likeness (QED) is 0.324. The largest absolute Gasteiger partial charge is 0.490 e. The van der Waals surface area contributed by atoms with Crippen molar-refractivity contribution in [2.75, 3.05) is 31.6 Å². The lowest BCUT2D eigenvalue weighted by atomic mass is 10.2. The van der Waals surface area contributed by atoms with Crippen molar-refractivity contribution >= 4 is 23.7 Å². The molecule has 252 valence electrons. The van der Waals surface area contributed by atoms with E-state index in [-0.39, 0.29) is 6.04 Å². The van der Waals surface area contributed by atoms with E-state index >= 15 is 0 Å². The Balaban J connectivity index is 0.000000396. The van der Waals surface area contributed by atoms with Crippen molar-refractivity contribution in [1.82, 2.24) is 19.9 Å². The molecule has 12 nitrogen and oxygen atoms in total. The summed E-state index contributed by atoms with van der Waals surface area (Å²) in [4.78, 5) is 42.7. The van der Waals surface area contributed by atoms with Crippen LogP contribution in [0.2, 0.25) is 0 Å². The number of pyridine rings is 1. The molecule has 2 aliphatic rings. The maximum Gasteiger partial charge on any atom is 0.490 e. The van der Waals surface area contributed by atoms with Crippen LogP contribution in [0.5, 0.6) is 0 Å². The highest BCUT2D eigenvalue weighted by molar-refractivity contribution is 5.73. The Kier molecular flexibility index (Phi) is 14.9. The average Bonchev–Trinajstić information content (AvgIpc) is 3.77. The minimum absolute atomic E-state index is 0.0726. The number of aromatic nitrogens is 3. The van der Waals surface area contributed by atoms with E-state index in [4.69, 9.17) is 39.4 Å². The molecule has 0 aromatic carbocycles. The van der Waals surface area contributed by atoms with Gasteiger partial charge in [0.1, 0.15) is 11.6 Å². The number of nitrogens with one attached hydrogen (secondary N) is 1. The van der Waals surface area contributed by atoms with Crippen molar-refractivity contribution in [1.29, 1.82) is 0 Å². The summed E-state index contributed by atoms with van der Waals surface area (Å²) in [5.41, 5.74) is 1.06. The average molecular weight is 667 g/mol. The number of anilines is 1. The van der Waals surface area contributed by atoms with Crippen LogP contribution in [0.25, 0.3) is 0 Å². The lowest BCUT2D eigenvalue weighted by Crippen LogP contribution is -2.40. The first-order chi connectivity index (χ1) is 20.7. The molecule has 0 bridgehead atoms. The molecule has 0 amide bonds. The zero-order chi connectivity index (χ0) is 34.4. The first-order valence-corrected chi connectivity index (χ1v) is 12.4. The molecule has 1 aliphatic heterocycles. The molecule has 1 unspecified atom stereocenters. The fourth-order valence-corrected chi connectivity index (χ4v) is 2.97. The molecule has 3 heterocycles. The normalized spacial score (nSPS) is 16.8. The van der Waals surface area contributed by atoms with Crippen LogP contribution < -0.4 is 5.32 Å². The molecule has 0 spiro atoms. The van der Waals surface area contributed by atoms with Crippen LogP contribution in [0.1, 0.15) is 30.4 Å². The SMILES string of the molecule is O=C(O)C(F)(F)F.O=C(O)C(F)(F)F.O=C(O)C(F)(F)F.c1ccc(CN2CCOCC2c2nccc(NCC3CC3)n2)nc1. The third-order valence-corrected chi connectivity index (χ3v) is 5.30. The molecule has 1 saturated carbocycles. The van der Waals surface area contributed by atoms with E-state index in [9.17, 15) is 39.5 Å². The Labute approximate surface area is 247 Å². The second-order valence-electron chi connectivity index (χ2n) is 8.92. The number of rotatable bonds is 6. The number of ether oxygens (including phenoxy) is 1. The van der Waals surface area contributed by atoms with Crippen LogP contribution in [0, 0.1) is 5.92 Å². The maximum atomic E-state index is 10.6. The van der Waals surface area contributed by atoms with Crippen LogP contribution in [0.3, 0.4) is 0 Å². The Hall–Kier alpha value is -4.27. The van der Waals surface area contributed by atoms with Crippen molar-refractivity contribution in [2.24, 2.45) is 5.92 Å². The zero-order valence-corrected chi connectivity index (χ0v) is 22.7. The maximum absolute atomic E-state index is 10.6. The lowest BCUT2D eigenvalue weighted by Gasteiger charge is -2.34. The predicted octanol–water partition coefficient (Wildman–Crippen LogP) is 4.17. The monoisotopic (exact) mass is 667 g/mol. The Morgan fingerprint density at radius 1 is 0.844 bits per heavy atom. The summed E-state index contributed by atoms with van der Waals surface area (Å²) in [5.74, 6) is -5.71. The van der Waals surface area contributed by atoms with Gasteiger partial charge >= 0.3 is 36.4 Å². The molecule has 2 aromatic heterocycles. The van der Waals surface area contributed by atoms with E-state index in [1.165, 1.54) is 12.8 Å². The van der Waals surface area contributed by atoms with Gasteiger partial charge in [0.25, 0.3) is 0 Å². The Morgan fingerprint density at radius 3 is 1.82 bits per heavy atom. The molecular formula is C24H26F9N5O7. The van der Waals surface area contributed by atoms with Crippen LogP contribution in [0.4, 0.5) is 45.3 Å². The van der Waals surface area contributed by atoms with Crippen molar-refractivity contribution in [3.63, 3.8) is 0 Å². The van der Waals surface area contributed by atoms with E-state index < -0.39 is 36.4 Å². The van der Waals surface area contributed by atoms with E-state index in [1.807, 2.05) is 30.6 Å². The topological polar surface area (TPSA) is 175 Å². The highest BCUT2D eigenvalue weighted by atomic mass is 19.4. The summed E-state index contributed by atoms with van der Waals surface area (Å²) in [6.07, 6.45) is -8.91. The zero-order valence-electron chi connectivity index (χ0n) is 22.7. The fourth-order valence-electron chi connectivity index (χ4n) is 2.97. The minimum Gasteiger partial charge on any atom is -0.475 e. The van der Waals surface area contributed by atoms with Gasteiger partial charge < -0.3 is 25.4 Å². The molecule has 0 radical (unpaired) electrons. The minimum atomic E-state index is -5.08. The van der Waals surface area contributed by atoms with Crippen molar-refractivity contribution in [3.8, 4) is 0 Å². The van der Waals surface area contributed by atoms with Crippen LogP contribution >= 0.6 is 0 Å². The third kappa shape index (κ3) is 16.4. The number of aliphatic carboxylic acids is 3. The van der Waals surface area contributed by atoms with Gasteiger partial charge in [0, 0.05) is 32.0 Å². The van der Waals surface area contributed by atoms with Crippen LogP contribution in [0.15, 0.2) is 36.7 Å². The number of halogens is 9. The number of hydrogen-bond donors (Lipinski definition) is 4. The first-order valence-electron chi connectivity index (χ1n) is 12.4. The molecule has 45 heavy (non-hydrogen) atoms. The molecule has 4 rings (SSSR count). The van der Waals surface area contributed by atoms with Gasteiger partial charge in [0.05, 0.1) is 24.9 Å². The number of carboxylic acid groups (broad SMARTS) is 3. The highest BCUT2D eigenvalue weighted by Gasteiger charge is 2.39. The molecular weight excluding hydrogens is 641 g/mol. The van der Waals surface area contributed by atoms with Crippen LogP contribution in [-0.4, -0.2) is 97.9 Å². The summed E-state index contributed by atoms with van der Waals surface area (Å²) in [7, 11) is 0. The van der Waals surface area contributed by atoms with Crippen LogP contribution in [-0.2, 0) is 25.7 Å². The summed E-state index contributed by atoms with van der Waals surface area (Å²) in [6.45, 7) is 4.03. The molecule has 2 fully saturated rings. The third-order valence-electron chi connectivity index (χ3n) is 5.30. The van der Waals surface area contributed by atoms with Gasteiger partial charge in [-0.1, -0.05) is 6.07 Å². The molecule has 21 heteroatoms. The molecule has 2 aromatic rings. The Bertz CT molecular complexity index is 1170. The van der Waals surface area contributed by atoms with Gasteiger partial charge in [-0.3, -0.25) is 9.88 Å². The van der Waals surface area contributed by atoms with Crippen molar-refractivity contribution in [3.05, 3.63) is 48.2 Å². The highest BCUT2D eigenvalue weighted by Crippen LogP contribution is 2.29. The van der Waals surface area contributed by atoms with Gasteiger partial charge in [0.15, 0.2) is 0 Å². The fraction of sp³-hybridized carbons (Fsp3) is 0.500. The summed E-state index contributed by atoms with van der Waals surface area (Å²) >= 11 is 0. The number of hydrogen-bond acceptors (Lipinski definition) is 9. The lowest BCUT2D eigenvalue weighted by molar-refractivity contribution is -0.193. The molecule has 1 aliphatic carbocycles. The van der Waals surface area contributed by atoms with E-state index in [1.54, 1.807) is 0 Å². The number of alkyl halides is 9. The van der Waals surface area contributed by atoms with Gasteiger partial charge in [-0.2, -0.15) is 39.5 Å². The van der Waals surface area contributed by atoms with E-state index in [0.717, 1.165) is 49.5 Å². The summed E-state index contributed by atoms with van der Waals surface area (Å²) in [5, 5.41) is 24.8. The number of carbonyl (C=O) groups is 3. The van der Waals surface area contributed by atoms with Crippen molar-refractivity contribution < 1.29 is 74.0 Å². The molecule has 4 N–H and O–H groups in total. The van der Waals surface area contributed by atoms with E-state index in [0.29, 0.717) is 6.61 Å². The first kappa shape index (κ1) is 38.8. The standard InChI is InChI=1S/C18H23N5O.3C2HF3O2/c1-2-7-19-15(3-1)12-23-9-10-24-13-16(23)18-20-8-6-17(22-18)21-11-14-4-5-14;3*3-2(4,5)1(6)7/h1-3,6-8,14,16H,4-5,9-13H2,(H,20,21,22);3*(H,6,7). The summed E-state index contributed by atoms with van der Waals surface area (Å²) in [6, 6.07) is 8.04. The van der Waals surface area contributed by atoms with Crippen molar-refractivity contribution in [2.45, 2.75) is 44.0 Å². The number of nitrogens with zero attached hydrogens (tertiary/aromatic N) is 4. The van der Waals surface area contributed by atoms with Gasteiger partial charge in [-0.15, -0.1) is 0 Å². The van der Waals surface area contributed by atoms with Gasteiger partial charge in [0.2, 0.25) is 0 Å². The second kappa shape index (κ2) is 17.3. The number of morpholine rings is 1. The van der Waals surface area contributed by atoms with Gasteiger partial charge in [-0.25, -0.2) is 24.4 Å².